The van der Waals surface area contributed by atoms with Crippen LogP contribution in [-0.2, 0) is 9.59 Å². The standard InChI is InChI=1S/C27H25ClN2O3/c1-5-33-21-12-9-19(10-13-21)24-25(29-20-11-8-17(3)22(28)15-20)27(32)30(26(24)31)23-14-16(2)6-7-18(23)4/h6-15,29H,5H2,1-4H3. The van der Waals surface area contributed by atoms with Crippen LogP contribution in [0.5, 0.6) is 5.75 Å². The lowest BCUT2D eigenvalue weighted by Crippen LogP contribution is -2.33. The van der Waals surface area contributed by atoms with Crippen molar-refractivity contribution in [1.82, 2.24) is 0 Å². The highest BCUT2D eigenvalue weighted by Crippen LogP contribution is 2.36. The number of hydrogen-bond donors (Lipinski definition) is 1. The van der Waals surface area contributed by atoms with Gasteiger partial charge in [0.1, 0.15) is 11.4 Å². The first-order valence-corrected chi connectivity index (χ1v) is 11.1. The van der Waals surface area contributed by atoms with Gasteiger partial charge in [0.25, 0.3) is 11.8 Å². The van der Waals surface area contributed by atoms with Crippen molar-refractivity contribution in [2.24, 2.45) is 0 Å². The van der Waals surface area contributed by atoms with Crippen LogP contribution in [0.25, 0.3) is 5.57 Å². The predicted molar refractivity (Wildman–Crippen MR) is 133 cm³/mol. The summed E-state index contributed by atoms with van der Waals surface area (Å²) in [5.74, 6) is -0.0855. The van der Waals surface area contributed by atoms with E-state index in [1.54, 1.807) is 30.3 Å². The molecule has 1 heterocycles. The molecule has 0 bridgehead atoms. The van der Waals surface area contributed by atoms with Gasteiger partial charge >= 0.3 is 0 Å². The smallest absolute Gasteiger partial charge is 0.282 e. The molecule has 0 unspecified atom stereocenters. The van der Waals surface area contributed by atoms with Gasteiger partial charge in [-0.25, -0.2) is 4.90 Å². The second kappa shape index (κ2) is 9.12. The average Bonchev–Trinajstić information content (AvgIpc) is 3.03. The van der Waals surface area contributed by atoms with Gasteiger partial charge in [-0.2, -0.15) is 0 Å². The Morgan fingerprint density at radius 1 is 0.879 bits per heavy atom. The van der Waals surface area contributed by atoms with Gasteiger partial charge in [0.2, 0.25) is 0 Å². The Hall–Kier alpha value is -3.57. The third kappa shape index (κ3) is 4.37. The zero-order chi connectivity index (χ0) is 23.7. The minimum absolute atomic E-state index is 0.213. The minimum atomic E-state index is -0.408. The van der Waals surface area contributed by atoms with Crippen molar-refractivity contribution in [3.63, 3.8) is 0 Å². The van der Waals surface area contributed by atoms with Crippen LogP contribution >= 0.6 is 11.6 Å². The zero-order valence-electron chi connectivity index (χ0n) is 19.0. The Labute approximate surface area is 198 Å². The lowest BCUT2D eigenvalue weighted by atomic mass is 10.0. The monoisotopic (exact) mass is 460 g/mol. The van der Waals surface area contributed by atoms with Crippen molar-refractivity contribution < 1.29 is 14.3 Å². The fraction of sp³-hybridized carbons (Fsp3) is 0.185. The maximum atomic E-state index is 13.7. The summed E-state index contributed by atoms with van der Waals surface area (Å²) in [6.07, 6.45) is 0. The molecule has 0 saturated heterocycles. The van der Waals surface area contributed by atoms with E-state index in [0.29, 0.717) is 39.9 Å². The summed E-state index contributed by atoms with van der Waals surface area (Å²) < 4.78 is 5.53. The molecule has 0 radical (unpaired) electrons. The van der Waals surface area contributed by atoms with Crippen LogP contribution in [-0.4, -0.2) is 18.4 Å². The fourth-order valence-corrected chi connectivity index (χ4v) is 3.97. The Kier molecular flexibility index (Phi) is 6.25. The maximum absolute atomic E-state index is 13.7. The van der Waals surface area contributed by atoms with E-state index in [2.05, 4.69) is 5.32 Å². The number of ether oxygens (including phenoxy) is 1. The van der Waals surface area contributed by atoms with Crippen LogP contribution in [0.1, 0.15) is 29.2 Å². The van der Waals surface area contributed by atoms with Crippen LogP contribution in [0.3, 0.4) is 0 Å². The highest BCUT2D eigenvalue weighted by molar-refractivity contribution is 6.46. The molecule has 168 valence electrons. The fourth-order valence-electron chi connectivity index (χ4n) is 3.79. The van der Waals surface area contributed by atoms with Gasteiger partial charge in [-0.05, 0) is 80.3 Å². The minimum Gasteiger partial charge on any atom is -0.494 e. The number of anilines is 2. The van der Waals surface area contributed by atoms with E-state index in [1.807, 2.05) is 58.0 Å². The lowest BCUT2D eigenvalue weighted by molar-refractivity contribution is -0.120. The van der Waals surface area contributed by atoms with Gasteiger partial charge in [0.05, 0.1) is 17.9 Å². The number of rotatable bonds is 6. The van der Waals surface area contributed by atoms with Crippen molar-refractivity contribution in [3.05, 3.63) is 93.6 Å². The molecule has 0 aromatic heterocycles. The van der Waals surface area contributed by atoms with Crippen molar-refractivity contribution in [2.45, 2.75) is 27.7 Å². The number of hydrogen-bond acceptors (Lipinski definition) is 4. The molecule has 0 aliphatic carbocycles. The predicted octanol–water partition coefficient (Wildman–Crippen LogP) is 6.06. The summed E-state index contributed by atoms with van der Waals surface area (Å²) in [4.78, 5) is 28.5. The van der Waals surface area contributed by atoms with Crippen molar-refractivity contribution in [2.75, 3.05) is 16.8 Å². The van der Waals surface area contributed by atoms with Gasteiger partial charge in [-0.15, -0.1) is 0 Å². The summed E-state index contributed by atoms with van der Waals surface area (Å²) in [6, 6.07) is 18.3. The Morgan fingerprint density at radius 3 is 2.24 bits per heavy atom. The van der Waals surface area contributed by atoms with Crippen molar-refractivity contribution in [3.8, 4) is 5.75 Å². The highest BCUT2D eigenvalue weighted by atomic mass is 35.5. The Bertz CT molecular complexity index is 1280. The van der Waals surface area contributed by atoms with Gasteiger partial charge in [-0.3, -0.25) is 9.59 Å². The van der Waals surface area contributed by atoms with Crippen LogP contribution in [0, 0.1) is 20.8 Å². The van der Waals surface area contributed by atoms with Crippen molar-refractivity contribution in [1.29, 1.82) is 0 Å². The number of imide groups is 1. The zero-order valence-corrected chi connectivity index (χ0v) is 19.8. The second-order valence-electron chi connectivity index (χ2n) is 8.03. The van der Waals surface area contributed by atoms with E-state index < -0.39 is 5.91 Å². The lowest BCUT2D eigenvalue weighted by Gasteiger charge is -2.18. The van der Waals surface area contributed by atoms with E-state index in [0.717, 1.165) is 16.7 Å². The first kappa shape index (κ1) is 22.6. The SMILES string of the molecule is CCOc1ccc(C2=C(Nc3ccc(C)c(Cl)c3)C(=O)N(c3cc(C)ccc3C)C2=O)cc1. The van der Waals surface area contributed by atoms with Gasteiger partial charge in [0.15, 0.2) is 0 Å². The van der Waals surface area contributed by atoms with E-state index in [1.165, 1.54) is 4.90 Å². The van der Waals surface area contributed by atoms with Crippen LogP contribution in [0.4, 0.5) is 11.4 Å². The first-order valence-electron chi connectivity index (χ1n) is 10.8. The number of halogens is 1. The summed E-state index contributed by atoms with van der Waals surface area (Å²) in [6.45, 7) is 8.18. The molecule has 3 aromatic carbocycles. The summed E-state index contributed by atoms with van der Waals surface area (Å²) >= 11 is 6.30. The maximum Gasteiger partial charge on any atom is 0.282 e. The number of aryl methyl sites for hydroxylation is 3. The molecule has 0 atom stereocenters. The molecule has 3 aromatic rings. The van der Waals surface area contributed by atoms with Gasteiger partial charge in [0, 0.05) is 10.7 Å². The molecule has 1 N–H and O–H groups in total. The molecule has 2 amide bonds. The second-order valence-corrected chi connectivity index (χ2v) is 8.44. The first-order chi connectivity index (χ1) is 15.8. The topological polar surface area (TPSA) is 58.6 Å². The average molecular weight is 461 g/mol. The molecule has 0 spiro atoms. The number of carbonyl (C=O) groups excluding carboxylic acids is 2. The van der Waals surface area contributed by atoms with Crippen molar-refractivity contribution >= 4 is 40.4 Å². The summed E-state index contributed by atoms with van der Waals surface area (Å²) in [5.41, 5.74) is 5.09. The van der Waals surface area contributed by atoms with E-state index in [-0.39, 0.29) is 11.6 Å². The quantitative estimate of drug-likeness (QED) is 0.454. The number of carbonyl (C=O) groups is 2. The number of nitrogens with one attached hydrogen (secondary N) is 1. The summed E-state index contributed by atoms with van der Waals surface area (Å²) in [7, 11) is 0. The molecule has 6 heteroatoms. The molecule has 33 heavy (non-hydrogen) atoms. The molecular formula is C27H25ClN2O3. The molecule has 5 nitrogen and oxygen atoms in total. The number of nitrogens with zero attached hydrogens (tertiary/aromatic N) is 1. The Morgan fingerprint density at radius 2 is 1.58 bits per heavy atom. The number of amides is 2. The molecule has 4 rings (SSSR count). The van der Waals surface area contributed by atoms with Crippen LogP contribution in [0.15, 0.2) is 66.4 Å². The van der Waals surface area contributed by atoms with E-state index >= 15 is 0 Å². The van der Waals surface area contributed by atoms with Gasteiger partial charge in [-0.1, -0.05) is 41.9 Å². The van der Waals surface area contributed by atoms with Gasteiger partial charge < -0.3 is 10.1 Å². The third-order valence-electron chi connectivity index (χ3n) is 5.58. The van der Waals surface area contributed by atoms with Crippen LogP contribution in [0.2, 0.25) is 5.02 Å². The normalized spacial score (nSPS) is 13.7. The molecule has 1 aliphatic heterocycles. The molecule has 1 aliphatic rings. The number of benzene rings is 3. The Balaban J connectivity index is 1.83. The van der Waals surface area contributed by atoms with Crippen LogP contribution < -0.4 is 15.0 Å². The van der Waals surface area contributed by atoms with E-state index in [9.17, 15) is 9.59 Å². The summed E-state index contributed by atoms with van der Waals surface area (Å²) in [5, 5.41) is 3.74. The third-order valence-corrected chi connectivity index (χ3v) is 5.99. The largest absolute Gasteiger partial charge is 0.494 e. The van der Waals surface area contributed by atoms with E-state index in [4.69, 9.17) is 16.3 Å². The molecule has 0 fully saturated rings. The molecule has 0 saturated carbocycles. The molecular weight excluding hydrogens is 436 g/mol. The highest BCUT2D eigenvalue weighted by Gasteiger charge is 2.40.